The van der Waals surface area contributed by atoms with Crippen LogP contribution in [-0.4, -0.2) is 26.7 Å². The molecule has 0 amide bonds. The number of pyridine rings is 2. The van der Waals surface area contributed by atoms with E-state index >= 15 is 0 Å². The van der Waals surface area contributed by atoms with Crippen molar-refractivity contribution < 1.29 is 0 Å². The number of nitrogens with one attached hydrogen (secondary N) is 3. The largest absolute Gasteiger partial charge is 0.370 e. The van der Waals surface area contributed by atoms with Crippen LogP contribution in [0.1, 0.15) is 6.92 Å². The van der Waals surface area contributed by atoms with Crippen molar-refractivity contribution >= 4 is 39.1 Å². The molecule has 0 aliphatic heterocycles. The van der Waals surface area contributed by atoms with Gasteiger partial charge in [0.05, 0.1) is 5.52 Å². The summed E-state index contributed by atoms with van der Waals surface area (Å²) in [6, 6.07) is 12.0. The Kier molecular flexibility index (Phi) is 3.27. The smallest absolute Gasteiger partial charge is 0.178 e. The summed E-state index contributed by atoms with van der Waals surface area (Å²) in [7, 11) is 0. The van der Waals surface area contributed by atoms with Gasteiger partial charge in [-0.05, 0) is 48.7 Å². The van der Waals surface area contributed by atoms with Crippen LogP contribution in [0.4, 0.5) is 17.3 Å². The van der Waals surface area contributed by atoms with Gasteiger partial charge in [-0.25, -0.2) is 4.98 Å². The van der Waals surface area contributed by atoms with Gasteiger partial charge in [0.1, 0.15) is 11.3 Å². The van der Waals surface area contributed by atoms with Gasteiger partial charge in [-0.15, -0.1) is 0 Å². The van der Waals surface area contributed by atoms with E-state index in [1.807, 2.05) is 30.5 Å². The van der Waals surface area contributed by atoms with E-state index in [9.17, 15) is 0 Å². The van der Waals surface area contributed by atoms with E-state index in [0.717, 1.165) is 45.7 Å². The molecule has 0 bridgehead atoms. The Morgan fingerprint density at radius 3 is 2.91 bits per heavy atom. The van der Waals surface area contributed by atoms with Crippen LogP contribution >= 0.6 is 0 Å². The fraction of sp³-hybridized carbons (Fsp3) is 0.118. The molecule has 3 aromatic heterocycles. The number of anilines is 3. The molecule has 0 atom stereocenters. The summed E-state index contributed by atoms with van der Waals surface area (Å²) in [5.41, 5.74) is 2.70. The van der Waals surface area contributed by atoms with Crippen molar-refractivity contribution in [2.24, 2.45) is 0 Å². The molecular weight excluding hydrogens is 288 g/mol. The van der Waals surface area contributed by atoms with Gasteiger partial charge >= 0.3 is 0 Å². The molecule has 23 heavy (non-hydrogen) atoms. The monoisotopic (exact) mass is 304 g/mol. The lowest BCUT2D eigenvalue weighted by Crippen LogP contribution is -1.99. The lowest BCUT2D eigenvalue weighted by molar-refractivity contribution is 1.12. The van der Waals surface area contributed by atoms with E-state index in [1.54, 1.807) is 6.20 Å². The van der Waals surface area contributed by atoms with Gasteiger partial charge < -0.3 is 10.6 Å². The fourth-order valence-electron chi connectivity index (χ4n) is 2.64. The third kappa shape index (κ3) is 2.44. The maximum atomic E-state index is 4.38. The second-order valence-corrected chi connectivity index (χ2v) is 5.22. The molecule has 4 aromatic rings. The molecule has 0 unspecified atom stereocenters. The molecule has 0 radical (unpaired) electrons. The summed E-state index contributed by atoms with van der Waals surface area (Å²) < 4.78 is 0. The summed E-state index contributed by atoms with van der Waals surface area (Å²) in [5.74, 6) is 1.63. The van der Waals surface area contributed by atoms with Crippen LogP contribution in [0.5, 0.6) is 0 Å². The number of aromatic nitrogens is 4. The highest BCUT2D eigenvalue weighted by Crippen LogP contribution is 2.27. The zero-order valence-corrected chi connectivity index (χ0v) is 12.7. The standard InChI is InChI=1S/C17H16N6/c1-2-18-16-13-6-5-12(10-11(13)7-9-20-16)21-17-15-14(22-23-17)4-3-8-19-15/h3-10H,2H2,1H3,(H,18,20)(H2,21,22,23). The van der Waals surface area contributed by atoms with Gasteiger partial charge in [-0.2, -0.15) is 5.10 Å². The van der Waals surface area contributed by atoms with Crippen LogP contribution in [0.15, 0.2) is 48.8 Å². The summed E-state index contributed by atoms with van der Waals surface area (Å²) >= 11 is 0. The normalized spacial score (nSPS) is 11.0. The minimum absolute atomic E-state index is 0.723. The Labute approximate surface area is 133 Å². The first kappa shape index (κ1) is 13.5. The van der Waals surface area contributed by atoms with Crippen molar-refractivity contribution in [2.75, 3.05) is 17.2 Å². The van der Waals surface area contributed by atoms with E-state index in [1.165, 1.54) is 0 Å². The molecule has 6 nitrogen and oxygen atoms in total. The van der Waals surface area contributed by atoms with Gasteiger partial charge in [0, 0.05) is 30.0 Å². The maximum Gasteiger partial charge on any atom is 0.178 e. The molecule has 114 valence electrons. The highest BCUT2D eigenvalue weighted by atomic mass is 15.2. The third-order valence-electron chi connectivity index (χ3n) is 3.69. The van der Waals surface area contributed by atoms with Crippen LogP contribution < -0.4 is 10.6 Å². The summed E-state index contributed by atoms with van der Waals surface area (Å²) in [6.07, 6.45) is 3.58. The first-order valence-electron chi connectivity index (χ1n) is 7.54. The molecule has 0 aliphatic carbocycles. The number of benzene rings is 1. The molecule has 0 fully saturated rings. The van der Waals surface area contributed by atoms with Gasteiger partial charge in [-0.1, -0.05) is 0 Å². The van der Waals surface area contributed by atoms with Crippen LogP contribution in [0.2, 0.25) is 0 Å². The molecule has 3 N–H and O–H groups in total. The predicted molar refractivity (Wildman–Crippen MR) is 93.1 cm³/mol. The van der Waals surface area contributed by atoms with Crippen molar-refractivity contribution in [3.8, 4) is 0 Å². The summed E-state index contributed by atoms with van der Waals surface area (Å²) in [4.78, 5) is 8.75. The van der Waals surface area contributed by atoms with Crippen molar-refractivity contribution in [1.29, 1.82) is 0 Å². The number of fused-ring (bicyclic) bond motifs is 2. The second kappa shape index (κ2) is 5.57. The number of hydrogen-bond donors (Lipinski definition) is 3. The van der Waals surface area contributed by atoms with E-state index in [-0.39, 0.29) is 0 Å². The SMILES string of the molecule is CCNc1nccc2cc(Nc3n[nH]c4cccnc34)ccc12. The number of aromatic amines is 1. The van der Waals surface area contributed by atoms with Gasteiger partial charge in [0.2, 0.25) is 0 Å². The zero-order chi connectivity index (χ0) is 15.6. The average Bonchev–Trinajstić information content (AvgIpc) is 2.98. The molecule has 4 rings (SSSR count). The van der Waals surface area contributed by atoms with Crippen molar-refractivity contribution in [2.45, 2.75) is 6.92 Å². The molecule has 0 saturated heterocycles. The van der Waals surface area contributed by atoms with Gasteiger partial charge in [0.15, 0.2) is 5.82 Å². The van der Waals surface area contributed by atoms with Crippen LogP contribution in [0.3, 0.4) is 0 Å². The van der Waals surface area contributed by atoms with E-state index < -0.39 is 0 Å². The van der Waals surface area contributed by atoms with E-state index in [4.69, 9.17) is 0 Å². The highest BCUT2D eigenvalue weighted by molar-refractivity contribution is 5.95. The molecule has 6 heteroatoms. The third-order valence-corrected chi connectivity index (χ3v) is 3.69. The maximum absolute atomic E-state index is 4.38. The average molecular weight is 304 g/mol. The molecule has 0 spiro atoms. The number of nitrogens with zero attached hydrogens (tertiary/aromatic N) is 3. The molecule has 0 aliphatic rings. The molecule has 3 heterocycles. The molecule has 0 saturated carbocycles. The lowest BCUT2D eigenvalue weighted by Gasteiger charge is -2.09. The zero-order valence-electron chi connectivity index (χ0n) is 12.7. The number of H-pyrrole nitrogens is 1. The predicted octanol–water partition coefficient (Wildman–Crippen LogP) is 3.68. The number of rotatable bonds is 4. The van der Waals surface area contributed by atoms with Crippen molar-refractivity contribution in [3.05, 3.63) is 48.8 Å². The van der Waals surface area contributed by atoms with Gasteiger partial charge in [0.25, 0.3) is 0 Å². The van der Waals surface area contributed by atoms with Crippen LogP contribution in [0.25, 0.3) is 21.8 Å². The van der Waals surface area contributed by atoms with Crippen molar-refractivity contribution in [3.63, 3.8) is 0 Å². The van der Waals surface area contributed by atoms with Crippen molar-refractivity contribution in [1.82, 2.24) is 20.2 Å². The Bertz CT molecular complexity index is 975. The molecular formula is C17H16N6. The Balaban J connectivity index is 1.72. The number of hydrogen-bond acceptors (Lipinski definition) is 5. The van der Waals surface area contributed by atoms with Crippen LogP contribution in [0, 0.1) is 0 Å². The van der Waals surface area contributed by atoms with E-state index in [2.05, 4.69) is 49.9 Å². The Morgan fingerprint density at radius 1 is 1.04 bits per heavy atom. The second-order valence-electron chi connectivity index (χ2n) is 5.22. The topological polar surface area (TPSA) is 78.5 Å². The Morgan fingerprint density at radius 2 is 2.00 bits per heavy atom. The minimum Gasteiger partial charge on any atom is -0.370 e. The van der Waals surface area contributed by atoms with Crippen LogP contribution in [-0.2, 0) is 0 Å². The Hall–Kier alpha value is -3.15. The summed E-state index contributed by atoms with van der Waals surface area (Å²) in [6.45, 7) is 2.91. The fourth-order valence-corrected chi connectivity index (χ4v) is 2.64. The van der Waals surface area contributed by atoms with Gasteiger partial charge in [-0.3, -0.25) is 10.1 Å². The molecule has 1 aromatic carbocycles. The first-order valence-corrected chi connectivity index (χ1v) is 7.54. The quantitative estimate of drug-likeness (QED) is 0.536. The first-order chi connectivity index (χ1) is 11.3. The lowest BCUT2D eigenvalue weighted by atomic mass is 10.1. The highest BCUT2D eigenvalue weighted by Gasteiger charge is 2.08. The summed E-state index contributed by atoms with van der Waals surface area (Å²) in [5, 5.41) is 16.1. The minimum atomic E-state index is 0.723. The van der Waals surface area contributed by atoms with E-state index in [0.29, 0.717) is 0 Å².